The first-order valence-electron chi connectivity index (χ1n) is 6.46. The lowest BCUT2D eigenvalue weighted by atomic mass is 9.98. The van der Waals surface area contributed by atoms with E-state index in [4.69, 9.17) is 10.5 Å². The van der Waals surface area contributed by atoms with Gasteiger partial charge in [-0.25, -0.2) is 0 Å². The van der Waals surface area contributed by atoms with E-state index in [2.05, 4.69) is 16.9 Å². The third-order valence-electron chi connectivity index (χ3n) is 2.97. The van der Waals surface area contributed by atoms with Crippen molar-refractivity contribution in [3.05, 3.63) is 53.6 Å². The van der Waals surface area contributed by atoms with E-state index in [1.54, 1.807) is 18.6 Å². The molecule has 0 aliphatic rings. The van der Waals surface area contributed by atoms with Crippen LogP contribution in [0.15, 0.2) is 36.9 Å². The highest BCUT2D eigenvalue weighted by Crippen LogP contribution is 2.23. The fourth-order valence-corrected chi connectivity index (χ4v) is 1.92. The molecule has 2 aromatic rings. The van der Waals surface area contributed by atoms with Crippen LogP contribution in [0.1, 0.15) is 36.1 Å². The molecule has 2 rings (SSSR count). The number of ether oxygens (including phenoxy) is 1. The average Bonchev–Trinajstić information content (AvgIpc) is 2.45. The Morgan fingerprint density at radius 2 is 2.11 bits per heavy atom. The molecule has 2 heterocycles. The largest absolute Gasteiger partial charge is 0.492 e. The number of nitrogens with two attached hydrogens (primary N) is 1. The summed E-state index contributed by atoms with van der Waals surface area (Å²) in [5.74, 6) is 0.765. The number of pyridine rings is 2. The summed E-state index contributed by atoms with van der Waals surface area (Å²) in [6.45, 7) is 4.77. The van der Waals surface area contributed by atoms with Gasteiger partial charge in [-0.2, -0.15) is 0 Å². The van der Waals surface area contributed by atoms with E-state index >= 15 is 0 Å². The van der Waals surface area contributed by atoms with Gasteiger partial charge in [-0.15, -0.1) is 0 Å². The summed E-state index contributed by atoms with van der Waals surface area (Å²) in [4.78, 5) is 8.28. The van der Waals surface area contributed by atoms with Crippen molar-refractivity contribution >= 4 is 0 Å². The molecule has 19 heavy (non-hydrogen) atoms. The van der Waals surface area contributed by atoms with Crippen molar-refractivity contribution in [2.24, 2.45) is 5.73 Å². The van der Waals surface area contributed by atoms with Gasteiger partial charge in [0.1, 0.15) is 5.75 Å². The summed E-state index contributed by atoms with van der Waals surface area (Å²) >= 11 is 0. The summed E-state index contributed by atoms with van der Waals surface area (Å²) in [6.07, 6.45) is 8.04. The molecule has 0 saturated heterocycles. The van der Waals surface area contributed by atoms with Crippen LogP contribution >= 0.6 is 0 Å². The molecule has 4 nitrogen and oxygen atoms in total. The second-order valence-corrected chi connectivity index (χ2v) is 4.51. The van der Waals surface area contributed by atoms with E-state index in [0.717, 1.165) is 28.9 Å². The lowest BCUT2D eigenvalue weighted by Crippen LogP contribution is -2.14. The zero-order valence-electron chi connectivity index (χ0n) is 11.3. The van der Waals surface area contributed by atoms with Crippen LogP contribution in [0.4, 0.5) is 0 Å². The van der Waals surface area contributed by atoms with Crippen molar-refractivity contribution in [3.63, 3.8) is 0 Å². The van der Waals surface area contributed by atoms with Gasteiger partial charge in [0.2, 0.25) is 0 Å². The Labute approximate surface area is 113 Å². The van der Waals surface area contributed by atoms with Gasteiger partial charge in [-0.3, -0.25) is 9.97 Å². The molecule has 0 saturated carbocycles. The van der Waals surface area contributed by atoms with Gasteiger partial charge in [-0.1, -0.05) is 6.92 Å². The van der Waals surface area contributed by atoms with Crippen molar-refractivity contribution in [2.75, 3.05) is 6.61 Å². The third-order valence-corrected chi connectivity index (χ3v) is 2.97. The Balaban J connectivity index is 2.24. The molecule has 0 aliphatic carbocycles. The molecule has 1 unspecified atom stereocenters. The Bertz CT molecular complexity index is 542. The third kappa shape index (κ3) is 3.29. The number of rotatable bonds is 5. The van der Waals surface area contributed by atoms with E-state index in [-0.39, 0.29) is 6.04 Å². The highest BCUT2D eigenvalue weighted by Gasteiger charge is 2.12. The quantitative estimate of drug-likeness (QED) is 0.894. The predicted molar refractivity (Wildman–Crippen MR) is 75.0 cm³/mol. The van der Waals surface area contributed by atoms with E-state index in [9.17, 15) is 0 Å². The number of aromatic nitrogens is 2. The molecular formula is C15H19N3O. The van der Waals surface area contributed by atoms with Crippen molar-refractivity contribution in [3.8, 4) is 5.75 Å². The van der Waals surface area contributed by atoms with Gasteiger partial charge in [0.15, 0.2) is 0 Å². The van der Waals surface area contributed by atoms with Gasteiger partial charge in [0.25, 0.3) is 0 Å². The van der Waals surface area contributed by atoms with Gasteiger partial charge in [0.05, 0.1) is 18.8 Å². The van der Waals surface area contributed by atoms with Crippen LogP contribution in [0.3, 0.4) is 0 Å². The summed E-state index contributed by atoms with van der Waals surface area (Å²) in [5.41, 5.74) is 9.38. The summed E-state index contributed by atoms with van der Waals surface area (Å²) in [5, 5.41) is 0. The van der Waals surface area contributed by atoms with E-state index in [1.807, 2.05) is 25.3 Å². The monoisotopic (exact) mass is 257 g/mol. The first-order valence-corrected chi connectivity index (χ1v) is 6.46. The van der Waals surface area contributed by atoms with E-state index in [0.29, 0.717) is 6.61 Å². The van der Waals surface area contributed by atoms with Gasteiger partial charge in [-0.05, 0) is 42.2 Å². The topological polar surface area (TPSA) is 61.0 Å². The lowest BCUT2D eigenvalue weighted by molar-refractivity contribution is 0.315. The molecule has 0 spiro atoms. The van der Waals surface area contributed by atoms with Gasteiger partial charge >= 0.3 is 0 Å². The highest BCUT2D eigenvalue weighted by atomic mass is 16.5. The molecule has 0 aromatic carbocycles. The number of hydrogen-bond donors (Lipinski definition) is 1. The molecule has 0 radical (unpaired) electrons. The zero-order chi connectivity index (χ0) is 13.7. The minimum atomic E-state index is -0.208. The maximum atomic E-state index is 6.29. The first kappa shape index (κ1) is 13.5. The molecule has 0 fully saturated rings. The maximum absolute atomic E-state index is 6.29. The maximum Gasteiger partial charge on any atom is 0.137 e. The highest BCUT2D eigenvalue weighted by molar-refractivity contribution is 5.36. The molecule has 1 atom stereocenters. The summed E-state index contributed by atoms with van der Waals surface area (Å²) < 4.78 is 5.58. The Kier molecular flexibility index (Phi) is 4.47. The predicted octanol–water partition coefficient (Wildman–Crippen LogP) is 2.62. The molecule has 2 aromatic heterocycles. The SMILES string of the molecule is CCCOc1cncc(C(N)c2ccncc2C)c1. The minimum absolute atomic E-state index is 0.208. The fraction of sp³-hybridized carbons (Fsp3) is 0.333. The van der Waals surface area contributed by atoms with Crippen LogP contribution in [0.2, 0.25) is 0 Å². The Morgan fingerprint density at radius 1 is 1.26 bits per heavy atom. The molecule has 100 valence electrons. The Morgan fingerprint density at radius 3 is 2.84 bits per heavy atom. The molecule has 2 N–H and O–H groups in total. The van der Waals surface area contributed by atoms with Gasteiger partial charge in [0, 0.05) is 18.6 Å². The summed E-state index contributed by atoms with van der Waals surface area (Å²) in [6, 6.07) is 3.69. The number of hydrogen-bond acceptors (Lipinski definition) is 4. The molecule has 0 amide bonds. The lowest BCUT2D eigenvalue weighted by Gasteiger charge is -2.15. The number of nitrogens with zero attached hydrogens (tertiary/aromatic N) is 2. The number of aryl methyl sites for hydroxylation is 1. The standard InChI is InChI=1S/C15H19N3O/c1-3-6-19-13-7-12(9-18-10-13)15(16)14-4-5-17-8-11(14)2/h4-5,7-10,15H,3,6,16H2,1-2H3. The van der Waals surface area contributed by atoms with Crippen molar-refractivity contribution < 1.29 is 4.74 Å². The van der Waals surface area contributed by atoms with Crippen molar-refractivity contribution in [2.45, 2.75) is 26.3 Å². The van der Waals surface area contributed by atoms with E-state index < -0.39 is 0 Å². The molecule has 0 aliphatic heterocycles. The van der Waals surface area contributed by atoms with Crippen LogP contribution in [0.25, 0.3) is 0 Å². The van der Waals surface area contributed by atoms with Crippen LogP contribution < -0.4 is 10.5 Å². The fourth-order valence-electron chi connectivity index (χ4n) is 1.92. The molecule has 4 heteroatoms. The van der Waals surface area contributed by atoms with Crippen LogP contribution in [0.5, 0.6) is 5.75 Å². The second-order valence-electron chi connectivity index (χ2n) is 4.51. The summed E-state index contributed by atoms with van der Waals surface area (Å²) in [7, 11) is 0. The average molecular weight is 257 g/mol. The Hall–Kier alpha value is -1.94. The van der Waals surface area contributed by atoms with Crippen LogP contribution in [-0.2, 0) is 0 Å². The first-order chi connectivity index (χ1) is 9.22. The van der Waals surface area contributed by atoms with Crippen LogP contribution in [0, 0.1) is 6.92 Å². The molecular weight excluding hydrogens is 238 g/mol. The normalized spacial score (nSPS) is 12.2. The van der Waals surface area contributed by atoms with Crippen molar-refractivity contribution in [1.82, 2.24) is 9.97 Å². The minimum Gasteiger partial charge on any atom is -0.492 e. The van der Waals surface area contributed by atoms with Crippen molar-refractivity contribution in [1.29, 1.82) is 0 Å². The smallest absolute Gasteiger partial charge is 0.137 e. The second kappa shape index (κ2) is 6.29. The zero-order valence-corrected chi connectivity index (χ0v) is 11.3. The van der Waals surface area contributed by atoms with Gasteiger partial charge < -0.3 is 10.5 Å². The van der Waals surface area contributed by atoms with Crippen LogP contribution in [-0.4, -0.2) is 16.6 Å². The van der Waals surface area contributed by atoms with E-state index in [1.165, 1.54) is 0 Å². The molecule has 0 bridgehead atoms.